The highest BCUT2D eigenvalue weighted by Crippen LogP contribution is 2.22. The molecule has 0 radical (unpaired) electrons. The molecule has 2 rings (SSSR count). The van der Waals surface area contributed by atoms with Crippen LogP contribution < -0.4 is 4.90 Å². The van der Waals surface area contributed by atoms with Gasteiger partial charge in [0, 0.05) is 37.4 Å². The molecule has 0 aliphatic carbocycles. The molecule has 1 heterocycles. The summed E-state index contributed by atoms with van der Waals surface area (Å²) in [6.45, 7) is 14.6. The zero-order chi connectivity index (χ0) is 17.0. The van der Waals surface area contributed by atoms with Gasteiger partial charge in [-0.2, -0.15) is 0 Å². The summed E-state index contributed by atoms with van der Waals surface area (Å²) in [4.78, 5) is 17.1. The maximum atomic E-state index is 12.6. The zero-order valence-corrected chi connectivity index (χ0v) is 15.1. The van der Waals surface area contributed by atoms with E-state index in [0.29, 0.717) is 6.54 Å². The number of hydrogen-bond donors (Lipinski definition) is 0. The molecular formula is C19H30N2O2. The number of ketones is 1. The lowest BCUT2D eigenvalue weighted by Gasteiger charge is -2.34. The summed E-state index contributed by atoms with van der Waals surface area (Å²) in [5, 5.41) is 0. The van der Waals surface area contributed by atoms with E-state index in [1.165, 1.54) is 11.3 Å². The van der Waals surface area contributed by atoms with E-state index >= 15 is 0 Å². The fraction of sp³-hybridized carbons (Fsp3) is 0.632. The van der Waals surface area contributed by atoms with Crippen LogP contribution in [0.15, 0.2) is 18.2 Å². The topological polar surface area (TPSA) is 32.8 Å². The average molecular weight is 318 g/mol. The summed E-state index contributed by atoms with van der Waals surface area (Å²) >= 11 is 0. The Kier molecular flexibility index (Phi) is 6.19. The van der Waals surface area contributed by atoms with Gasteiger partial charge in [-0.05, 0) is 58.4 Å². The van der Waals surface area contributed by atoms with E-state index in [4.69, 9.17) is 4.74 Å². The second kappa shape index (κ2) is 7.93. The van der Waals surface area contributed by atoms with Crippen LogP contribution >= 0.6 is 0 Å². The summed E-state index contributed by atoms with van der Waals surface area (Å²) in [6, 6.07) is 6.08. The lowest BCUT2D eigenvalue weighted by atomic mass is 10.0. The van der Waals surface area contributed by atoms with E-state index in [1.54, 1.807) is 0 Å². The number of rotatable bonds is 6. The van der Waals surface area contributed by atoms with E-state index in [9.17, 15) is 4.79 Å². The predicted octanol–water partition coefficient (Wildman–Crippen LogP) is 3.13. The second-order valence-corrected chi connectivity index (χ2v) is 6.55. The van der Waals surface area contributed by atoms with Crippen LogP contribution in [0.25, 0.3) is 0 Å². The molecule has 23 heavy (non-hydrogen) atoms. The van der Waals surface area contributed by atoms with E-state index in [1.807, 2.05) is 12.1 Å². The SMILES string of the molecule is CCN(CC)c1ccc(C(=O)CN2CC(C)OC(C)C2)cc1C. The number of nitrogens with zero attached hydrogens (tertiary/aromatic N) is 2. The molecule has 1 aliphatic heterocycles. The van der Waals surface area contributed by atoms with E-state index in [-0.39, 0.29) is 18.0 Å². The lowest BCUT2D eigenvalue weighted by molar-refractivity contribution is -0.0652. The van der Waals surface area contributed by atoms with Gasteiger partial charge >= 0.3 is 0 Å². The third-order valence-electron chi connectivity index (χ3n) is 4.49. The fourth-order valence-corrected chi connectivity index (χ4v) is 3.46. The van der Waals surface area contributed by atoms with E-state index in [0.717, 1.165) is 31.7 Å². The Labute approximate surface area is 140 Å². The molecule has 4 nitrogen and oxygen atoms in total. The summed E-state index contributed by atoms with van der Waals surface area (Å²) in [6.07, 6.45) is 0.386. The Hall–Kier alpha value is -1.39. The first-order valence-corrected chi connectivity index (χ1v) is 8.71. The van der Waals surface area contributed by atoms with Crippen LogP contribution in [0, 0.1) is 6.92 Å². The molecule has 2 unspecified atom stereocenters. The maximum Gasteiger partial charge on any atom is 0.176 e. The Balaban J connectivity index is 2.06. The lowest BCUT2D eigenvalue weighted by Crippen LogP contribution is -2.47. The summed E-state index contributed by atoms with van der Waals surface area (Å²) < 4.78 is 5.73. The normalized spacial score (nSPS) is 22.1. The quantitative estimate of drug-likeness (QED) is 0.755. The van der Waals surface area contributed by atoms with Gasteiger partial charge < -0.3 is 9.64 Å². The van der Waals surface area contributed by atoms with E-state index in [2.05, 4.69) is 50.5 Å². The van der Waals surface area contributed by atoms with Crippen LogP contribution in [0.5, 0.6) is 0 Å². The van der Waals surface area contributed by atoms with Crippen LogP contribution in [0.2, 0.25) is 0 Å². The molecule has 0 bridgehead atoms. The minimum Gasteiger partial charge on any atom is -0.373 e. The highest BCUT2D eigenvalue weighted by atomic mass is 16.5. The van der Waals surface area contributed by atoms with Crippen LogP contribution in [0.3, 0.4) is 0 Å². The van der Waals surface area contributed by atoms with Gasteiger partial charge in [0.2, 0.25) is 0 Å². The van der Waals surface area contributed by atoms with Crippen molar-refractivity contribution in [2.24, 2.45) is 0 Å². The third kappa shape index (κ3) is 4.55. The Morgan fingerprint density at radius 2 is 1.83 bits per heavy atom. The van der Waals surface area contributed by atoms with Crippen molar-refractivity contribution in [1.82, 2.24) is 4.90 Å². The number of carbonyl (C=O) groups excluding carboxylic acids is 1. The van der Waals surface area contributed by atoms with Crippen molar-refractivity contribution < 1.29 is 9.53 Å². The van der Waals surface area contributed by atoms with Crippen LogP contribution in [-0.2, 0) is 4.74 Å². The number of Topliss-reactive ketones (excluding diaryl/α,β-unsaturated/α-hetero) is 1. The number of carbonyl (C=O) groups is 1. The number of hydrogen-bond acceptors (Lipinski definition) is 4. The Bertz CT molecular complexity index is 530. The number of ether oxygens (including phenoxy) is 1. The van der Waals surface area contributed by atoms with Gasteiger partial charge in [0.05, 0.1) is 18.8 Å². The second-order valence-electron chi connectivity index (χ2n) is 6.55. The highest BCUT2D eigenvalue weighted by molar-refractivity contribution is 5.98. The Morgan fingerprint density at radius 1 is 1.22 bits per heavy atom. The molecule has 4 heteroatoms. The summed E-state index contributed by atoms with van der Waals surface area (Å²) in [5.41, 5.74) is 3.20. The Morgan fingerprint density at radius 3 is 2.35 bits per heavy atom. The smallest absolute Gasteiger partial charge is 0.176 e. The maximum absolute atomic E-state index is 12.6. The first kappa shape index (κ1) is 18.0. The molecule has 1 saturated heterocycles. The predicted molar refractivity (Wildman–Crippen MR) is 95.5 cm³/mol. The molecule has 1 aliphatic rings. The van der Waals surface area contributed by atoms with Crippen LogP contribution in [0.4, 0.5) is 5.69 Å². The van der Waals surface area contributed by atoms with Gasteiger partial charge in [0.15, 0.2) is 5.78 Å². The molecule has 128 valence electrons. The highest BCUT2D eigenvalue weighted by Gasteiger charge is 2.24. The molecule has 1 aromatic carbocycles. The fourth-order valence-electron chi connectivity index (χ4n) is 3.46. The van der Waals surface area contributed by atoms with Crippen molar-refractivity contribution in [2.45, 2.75) is 46.8 Å². The zero-order valence-electron chi connectivity index (χ0n) is 15.1. The first-order chi connectivity index (χ1) is 10.9. The average Bonchev–Trinajstić information content (AvgIpc) is 2.48. The van der Waals surface area contributed by atoms with Crippen molar-refractivity contribution in [2.75, 3.05) is 37.6 Å². The van der Waals surface area contributed by atoms with Crippen LogP contribution in [-0.4, -0.2) is 55.6 Å². The van der Waals surface area contributed by atoms with Gasteiger partial charge in [-0.3, -0.25) is 9.69 Å². The van der Waals surface area contributed by atoms with Crippen molar-refractivity contribution in [1.29, 1.82) is 0 Å². The van der Waals surface area contributed by atoms with Gasteiger partial charge in [-0.1, -0.05) is 0 Å². The number of aryl methyl sites for hydroxylation is 1. The molecule has 0 N–H and O–H groups in total. The number of morpholine rings is 1. The molecule has 0 spiro atoms. The summed E-state index contributed by atoms with van der Waals surface area (Å²) in [5.74, 6) is 0.195. The monoisotopic (exact) mass is 318 g/mol. The molecule has 1 aromatic rings. The van der Waals surface area contributed by atoms with E-state index < -0.39 is 0 Å². The standard InChI is InChI=1S/C19H30N2O2/c1-6-21(7-2)18-9-8-17(10-14(18)3)19(22)13-20-11-15(4)23-16(5)12-20/h8-10,15-16H,6-7,11-13H2,1-5H3. The number of benzene rings is 1. The van der Waals surface area contributed by atoms with Gasteiger partial charge in [-0.25, -0.2) is 0 Å². The molecule has 0 amide bonds. The summed E-state index contributed by atoms with van der Waals surface area (Å²) in [7, 11) is 0. The van der Waals surface area contributed by atoms with Crippen molar-refractivity contribution in [3.05, 3.63) is 29.3 Å². The van der Waals surface area contributed by atoms with Gasteiger partial charge in [0.1, 0.15) is 0 Å². The largest absolute Gasteiger partial charge is 0.373 e. The third-order valence-corrected chi connectivity index (χ3v) is 4.49. The molecule has 0 aromatic heterocycles. The van der Waals surface area contributed by atoms with Crippen molar-refractivity contribution in [3.63, 3.8) is 0 Å². The molecule has 1 fully saturated rings. The number of anilines is 1. The van der Waals surface area contributed by atoms with Crippen LogP contribution in [0.1, 0.15) is 43.6 Å². The molecular weight excluding hydrogens is 288 g/mol. The van der Waals surface area contributed by atoms with Crippen molar-refractivity contribution in [3.8, 4) is 0 Å². The first-order valence-electron chi connectivity index (χ1n) is 8.71. The molecule has 0 saturated carbocycles. The minimum absolute atomic E-state index is 0.193. The minimum atomic E-state index is 0.193. The molecule has 2 atom stereocenters. The van der Waals surface area contributed by atoms with Gasteiger partial charge in [0.25, 0.3) is 0 Å². The van der Waals surface area contributed by atoms with Gasteiger partial charge in [-0.15, -0.1) is 0 Å². The van der Waals surface area contributed by atoms with Crippen molar-refractivity contribution >= 4 is 11.5 Å².